The molecule has 20 heavy (non-hydrogen) atoms. The molecule has 1 aromatic heterocycles. The van der Waals surface area contributed by atoms with Gasteiger partial charge in [-0.05, 0) is 38.1 Å². The molecule has 7 heteroatoms. The molecule has 0 aliphatic heterocycles. The van der Waals surface area contributed by atoms with Crippen molar-refractivity contribution in [2.45, 2.75) is 13.8 Å². The standard InChI is InChI=1S/C13H19N7/c1-3-20(4-2)10-7-5-9(6-8-10)16-13-18-11(14)17-12(15)19-13/h5-8H,3-4H2,1-2H3,(H5,14,15,16,17,18,19). The monoisotopic (exact) mass is 273 g/mol. The van der Waals surface area contributed by atoms with Gasteiger partial charge < -0.3 is 21.7 Å². The summed E-state index contributed by atoms with van der Waals surface area (Å²) in [6.07, 6.45) is 0. The van der Waals surface area contributed by atoms with E-state index in [1.165, 1.54) is 5.69 Å². The van der Waals surface area contributed by atoms with E-state index in [-0.39, 0.29) is 11.9 Å². The van der Waals surface area contributed by atoms with Crippen LogP contribution in [0.25, 0.3) is 0 Å². The first-order valence-corrected chi connectivity index (χ1v) is 6.51. The van der Waals surface area contributed by atoms with E-state index in [2.05, 4.69) is 39.0 Å². The number of nitrogens with zero attached hydrogens (tertiary/aromatic N) is 4. The predicted octanol–water partition coefficient (Wildman–Crippen LogP) is 1.63. The molecule has 0 aliphatic rings. The zero-order valence-electron chi connectivity index (χ0n) is 11.7. The van der Waals surface area contributed by atoms with E-state index in [9.17, 15) is 0 Å². The van der Waals surface area contributed by atoms with Crippen molar-refractivity contribution in [3.63, 3.8) is 0 Å². The summed E-state index contributed by atoms with van der Waals surface area (Å²) < 4.78 is 0. The second kappa shape index (κ2) is 6.05. The zero-order chi connectivity index (χ0) is 14.5. The Balaban J connectivity index is 2.14. The molecule has 0 bridgehead atoms. The van der Waals surface area contributed by atoms with Crippen LogP contribution in [0, 0.1) is 0 Å². The molecule has 2 aromatic rings. The summed E-state index contributed by atoms with van der Waals surface area (Å²) in [6.45, 7) is 6.21. The largest absolute Gasteiger partial charge is 0.372 e. The predicted molar refractivity (Wildman–Crippen MR) is 81.9 cm³/mol. The smallest absolute Gasteiger partial charge is 0.233 e. The molecule has 5 N–H and O–H groups in total. The number of hydrogen-bond donors (Lipinski definition) is 3. The number of nitrogens with one attached hydrogen (secondary N) is 1. The van der Waals surface area contributed by atoms with Crippen LogP contribution in [0.3, 0.4) is 0 Å². The van der Waals surface area contributed by atoms with Gasteiger partial charge in [-0.15, -0.1) is 0 Å². The molecule has 0 unspecified atom stereocenters. The molecule has 1 aromatic carbocycles. The maximum absolute atomic E-state index is 5.52. The summed E-state index contributed by atoms with van der Waals surface area (Å²) >= 11 is 0. The van der Waals surface area contributed by atoms with E-state index >= 15 is 0 Å². The lowest BCUT2D eigenvalue weighted by atomic mass is 10.2. The van der Waals surface area contributed by atoms with Gasteiger partial charge in [0.1, 0.15) is 0 Å². The fraction of sp³-hybridized carbons (Fsp3) is 0.308. The van der Waals surface area contributed by atoms with Gasteiger partial charge in [0.25, 0.3) is 0 Å². The maximum Gasteiger partial charge on any atom is 0.233 e. The summed E-state index contributed by atoms with van der Waals surface area (Å²) in [6, 6.07) is 8.01. The molecule has 0 saturated heterocycles. The van der Waals surface area contributed by atoms with Crippen LogP contribution in [0.5, 0.6) is 0 Å². The molecule has 0 atom stereocenters. The third-order valence-corrected chi connectivity index (χ3v) is 2.92. The topological polar surface area (TPSA) is 106 Å². The lowest BCUT2D eigenvalue weighted by molar-refractivity contribution is 0.866. The van der Waals surface area contributed by atoms with Crippen LogP contribution in [0.15, 0.2) is 24.3 Å². The molecular weight excluding hydrogens is 254 g/mol. The highest BCUT2D eigenvalue weighted by Crippen LogP contribution is 2.20. The average Bonchev–Trinajstić information content (AvgIpc) is 2.41. The highest BCUT2D eigenvalue weighted by atomic mass is 15.2. The molecule has 2 rings (SSSR count). The normalized spacial score (nSPS) is 10.3. The van der Waals surface area contributed by atoms with Gasteiger partial charge >= 0.3 is 0 Å². The van der Waals surface area contributed by atoms with Crippen LogP contribution < -0.4 is 21.7 Å². The second-order valence-corrected chi connectivity index (χ2v) is 4.22. The Morgan fingerprint density at radius 2 is 1.50 bits per heavy atom. The van der Waals surface area contributed by atoms with Crippen LogP contribution in [-0.2, 0) is 0 Å². The SMILES string of the molecule is CCN(CC)c1ccc(Nc2nc(N)nc(N)n2)cc1. The third-order valence-electron chi connectivity index (χ3n) is 2.92. The Bertz CT molecular complexity index is 543. The van der Waals surface area contributed by atoms with E-state index in [1.807, 2.05) is 24.3 Å². The Morgan fingerprint density at radius 1 is 0.950 bits per heavy atom. The molecular formula is C13H19N7. The third kappa shape index (κ3) is 3.25. The van der Waals surface area contributed by atoms with Crippen molar-refractivity contribution < 1.29 is 0 Å². The number of nitrogens with two attached hydrogens (primary N) is 2. The molecule has 1 heterocycles. The summed E-state index contributed by atoms with van der Waals surface area (Å²) in [5.41, 5.74) is 13.1. The van der Waals surface area contributed by atoms with E-state index in [1.54, 1.807) is 0 Å². The van der Waals surface area contributed by atoms with Crippen LogP contribution >= 0.6 is 0 Å². The molecule has 0 aliphatic carbocycles. The van der Waals surface area contributed by atoms with Gasteiger partial charge in [-0.2, -0.15) is 15.0 Å². The summed E-state index contributed by atoms with van der Waals surface area (Å²) in [5, 5.41) is 3.05. The summed E-state index contributed by atoms with van der Waals surface area (Å²) in [7, 11) is 0. The van der Waals surface area contributed by atoms with Gasteiger partial charge in [-0.3, -0.25) is 0 Å². The van der Waals surface area contributed by atoms with Gasteiger partial charge in [0.05, 0.1) is 0 Å². The average molecular weight is 273 g/mol. The van der Waals surface area contributed by atoms with E-state index < -0.39 is 0 Å². The van der Waals surface area contributed by atoms with Gasteiger partial charge in [0, 0.05) is 24.5 Å². The van der Waals surface area contributed by atoms with Crippen molar-refractivity contribution in [1.29, 1.82) is 0 Å². The molecule has 0 radical (unpaired) electrons. The van der Waals surface area contributed by atoms with Crippen LogP contribution in [0.1, 0.15) is 13.8 Å². The van der Waals surface area contributed by atoms with E-state index in [0.29, 0.717) is 5.95 Å². The molecule has 106 valence electrons. The number of rotatable bonds is 5. The first-order chi connectivity index (χ1) is 9.62. The number of aromatic nitrogens is 3. The van der Waals surface area contributed by atoms with Crippen molar-refractivity contribution >= 4 is 29.2 Å². The highest BCUT2D eigenvalue weighted by Gasteiger charge is 2.04. The molecule has 0 saturated carbocycles. The molecule has 0 fully saturated rings. The summed E-state index contributed by atoms with van der Waals surface area (Å²) in [4.78, 5) is 13.9. The second-order valence-electron chi connectivity index (χ2n) is 4.22. The van der Waals surface area contributed by atoms with Gasteiger partial charge in [-0.1, -0.05) is 0 Å². The van der Waals surface area contributed by atoms with Crippen molar-refractivity contribution in [2.75, 3.05) is 34.8 Å². The Kier molecular flexibility index (Phi) is 4.19. The Morgan fingerprint density at radius 3 is 2.00 bits per heavy atom. The number of anilines is 5. The zero-order valence-corrected chi connectivity index (χ0v) is 11.7. The first kappa shape index (κ1) is 13.9. The lowest BCUT2D eigenvalue weighted by Gasteiger charge is -2.21. The highest BCUT2D eigenvalue weighted by molar-refractivity contribution is 5.60. The van der Waals surface area contributed by atoms with Gasteiger partial charge in [-0.25, -0.2) is 0 Å². The van der Waals surface area contributed by atoms with Crippen molar-refractivity contribution in [3.05, 3.63) is 24.3 Å². The van der Waals surface area contributed by atoms with Crippen LogP contribution in [-0.4, -0.2) is 28.0 Å². The number of nitrogen functional groups attached to an aromatic ring is 2. The van der Waals surface area contributed by atoms with Crippen molar-refractivity contribution in [1.82, 2.24) is 15.0 Å². The molecule has 0 spiro atoms. The van der Waals surface area contributed by atoms with E-state index in [4.69, 9.17) is 11.5 Å². The fourth-order valence-electron chi connectivity index (χ4n) is 1.94. The minimum absolute atomic E-state index is 0.0970. The lowest BCUT2D eigenvalue weighted by Crippen LogP contribution is -2.21. The van der Waals surface area contributed by atoms with Crippen molar-refractivity contribution in [2.24, 2.45) is 0 Å². The molecule has 0 amide bonds. The van der Waals surface area contributed by atoms with E-state index in [0.717, 1.165) is 18.8 Å². The minimum atomic E-state index is 0.0970. The van der Waals surface area contributed by atoms with Crippen LogP contribution in [0.2, 0.25) is 0 Å². The van der Waals surface area contributed by atoms with Gasteiger partial charge in [0.15, 0.2) is 0 Å². The number of benzene rings is 1. The Hall–Kier alpha value is -2.57. The first-order valence-electron chi connectivity index (χ1n) is 6.51. The quantitative estimate of drug-likeness (QED) is 0.760. The Labute approximate surface area is 118 Å². The van der Waals surface area contributed by atoms with Crippen molar-refractivity contribution in [3.8, 4) is 0 Å². The molecule has 7 nitrogen and oxygen atoms in total. The summed E-state index contributed by atoms with van der Waals surface area (Å²) in [5.74, 6) is 0.533. The minimum Gasteiger partial charge on any atom is -0.372 e. The van der Waals surface area contributed by atoms with Crippen LogP contribution in [0.4, 0.5) is 29.2 Å². The number of hydrogen-bond acceptors (Lipinski definition) is 7. The van der Waals surface area contributed by atoms with Gasteiger partial charge in [0.2, 0.25) is 17.8 Å². The fourth-order valence-corrected chi connectivity index (χ4v) is 1.94. The maximum atomic E-state index is 5.52.